The van der Waals surface area contributed by atoms with Crippen LogP contribution >= 0.6 is 11.6 Å². The molecule has 1 saturated heterocycles. The minimum absolute atomic E-state index is 0.148. The molecule has 0 spiro atoms. The highest BCUT2D eigenvalue weighted by Gasteiger charge is 2.22. The van der Waals surface area contributed by atoms with E-state index in [1.165, 1.54) is 5.56 Å². The molecule has 3 heterocycles. The average molecular weight is 414 g/mol. The van der Waals surface area contributed by atoms with Gasteiger partial charge in [-0.05, 0) is 48.4 Å². The summed E-state index contributed by atoms with van der Waals surface area (Å²) in [5.74, 6) is 0.834. The lowest BCUT2D eigenvalue weighted by Crippen LogP contribution is -2.44. The molecule has 3 aromatic rings. The Morgan fingerprint density at radius 1 is 1.14 bits per heavy atom. The number of pyridine rings is 2. The predicted octanol–water partition coefficient (Wildman–Crippen LogP) is 3.76. The number of aromatic nitrogens is 2. The topological polar surface area (TPSA) is 65.5 Å². The number of ether oxygens (including phenoxy) is 3. The van der Waals surface area contributed by atoms with E-state index < -0.39 is 0 Å². The van der Waals surface area contributed by atoms with Gasteiger partial charge in [-0.15, -0.1) is 0 Å². The van der Waals surface area contributed by atoms with Crippen LogP contribution in [0, 0.1) is 0 Å². The summed E-state index contributed by atoms with van der Waals surface area (Å²) in [7, 11) is 1.67. The van der Waals surface area contributed by atoms with Crippen LogP contribution in [0.5, 0.6) is 5.75 Å². The number of hydrogen-bond acceptors (Lipinski definition) is 6. The molecule has 1 N–H and O–H groups in total. The summed E-state index contributed by atoms with van der Waals surface area (Å²) in [6, 6.07) is 11.9. The molecule has 1 aliphatic heterocycles. The van der Waals surface area contributed by atoms with Crippen LogP contribution in [0.2, 0.25) is 5.02 Å². The van der Waals surface area contributed by atoms with E-state index in [0.717, 1.165) is 35.2 Å². The van der Waals surface area contributed by atoms with E-state index in [4.69, 9.17) is 25.8 Å². The number of nitrogens with zero attached hydrogens (tertiary/aromatic N) is 2. The normalized spacial score (nSPS) is 19.4. The first-order valence-electron chi connectivity index (χ1n) is 9.70. The fourth-order valence-electron chi connectivity index (χ4n) is 3.39. The number of rotatable bonds is 7. The highest BCUT2D eigenvalue weighted by Crippen LogP contribution is 2.24. The van der Waals surface area contributed by atoms with E-state index in [-0.39, 0.29) is 12.3 Å². The highest BCUT2D eigenvalue weighted by molar-refractivity contribution is 6.30. The van der Waals surface area contributed by atoms with Gasteiger partial charge in [-0.25, -0.2) is 0 Å². The van der Waals surface area contributed by atoms with Crippen LogP contribution < -0.4 is 10.1 Å². The van der Waals surface area contributed by atoms with Gasteiger partial charge in [0.15, 0.2) is 6.29 Å². The molecule has 1 fully saturated rings. The predicted molar refractivity (Wildman–Crippen MR) is 112 cm³/mol. The zero-order valence-electron chi connectivity index (χ0n) is 16.3. The second-order valence-electron chi connectivity index (χ2n) is 7.03. The summed E-state index contributed by atoms with van der Waals surface area (Å²) in [6.45, 7) is 1.89. The van der Waals surface area contributed by atoms with E-state index in [0.29, 0.717) is 24.8 Å². The molecule has 7 heteroatoms. The van der Waals surface area contributed by atoms with Crippen molar-refractivity contribution in [1.82, 2.24) is 15.3 Å². The Bertz CT molecular complexity index is 944. The van der Waals surface area contributed by atoms with Crippen LogP contribution in [0.25, 0.3) is 10.9 Å². The van der Waals surface area contributed by atoms with Crippen molar-refractivity contribution >= 4 is 22.5 Å². The maximum absolute atomic E-state index is 5.91. The first kappa shape index (κ1) is 20.0. The van der Waals surface area contributed by atoms with Crippen molar-refractivity contribution in [3.05, 3.63) is 65.1 Å². The van der Waals surface area contributed by atoms with Gasteiger partial charge in [-0.1, -0.05) is 11.6 Å². The molecule has 0 atom stereocenters. The Morgan fingerprint density at radius 2 is 2.00 bits per heavy atom. The van der Waals surface area contributed by atoms with Gasteiger partial charge in [0.1, 0.15) is 5.75 Å². The molecule has 29 heavy (non-hydrogen) atoms. The molecule has 1 aliphatic rings. The third kappa shape index (κ3) is 5.22. The molecule has 6 nitrogen and oxygen atoms in total. The lowest BCUT2D eigenvalue weighted by molar-refractivity contribution is -0.192. The number of aryl methyl sites for hydroxylation is 1. The fraction of sp³-hybridized carbons (Fsp3) is 0.364. The molecular formula is C22H24ClN3O3. The van der Waals surface area contributed by atoms with E-state index >= 15 is 0 Å². The third-order valence-electron chi connectivity index (χ3n) is 5.02. The monoisotopic (exact) mass is 413 g/mol. The highest BCUT2D eigenvalue weighted by atomic mass is 35.5. The van der Waals surface area contributed by atoms with Crippen molar-refractivity contribution in [2.24, 2.45) is 0 Å². The Labute approximate surface area is 175 Å². The molecule has 4 rings (SSSR count). The minimum atomic E-state index is -0.199. The minimum Gasteiger partial charge on any atom is -0.497 e. The SMILES string of the molecule is COc1ccc2nccc(CC[C@H]3OC[C@H](NCc4ccc(Cl)cn4)CO3)c2c1. The molecule has 0 aliphatic carbocycles. The quantitative estimate of drug-likeness (QED) is 0.636. The Morgan fingerprint density at radius 3 is 2.76 bits per heavy atom. The Hall–Kier alpha value is -2.25. The van der Waals surface area contributed by atoms with Crippen molar-refractivity contribution in [3.63, 3.8) is 0 Å². The van der Waals surface area contributed by atoms with Crippen LogP contribution in [-0.4, -0.2) is 42.6 Å². The van der Waals surface area contributed by atoms with Crippen molar-refractivity contribution in [3.8, 4) is 5.75 Å². The van der Waals surface area contributed by atoms with Gasteiger partial charge in [0.05, 0.1) is 42.6 Å². The summed E-state index contributed by atoms with van der Waals surface area (Å²) >= 11 is 5.87. The first-order chi connectivity index (χ1) is 14.2. The van der Waals surface area contributed by atoms with Crippen molar-refractivity contribution < 1.29 is 14.2 Å². The third-order valence-corrected chi connectivity index (χ3v) is 5.24. The standard InChI is InChI=1S/C22H24ClN3O3/c1-27-19-5-6-21-20(10-19)15(8-9-24-21)2-7-22-28-13-18(14-29-22)26-12-17-4-3-16(23)11-25-17/h3-6,8-11,18,22,26H,2,7,12-14H2,1H3/t18-,22-. The summed E-state index contributed by atoms with van der Waals surface area (Å²) in [5.41, 5.74) is 3.13. The lowest BCUT2D eigenvalue weighted by atomic mass is 10.0. The number of benzene rings is 1. The van der Waals surface area contributed by atoms with Crippen LogP contribution in [0.15, 0.2) is 48.8 Å². The van der Waals surface area contributed by atoms with Crippen molar-refractivity contribution in [2.75, 3.05) is 20.3 Å². The van der Waals surface area contributed by atoms with Gasteiger partial charge in [0.25, 0.3) is 0 Å². The molecule has 0 unspecified atom stereocenters. The summed E-state index contributed by atoms with van der Waals surface area (Å²) in [6.07, 6.45) is 4.94. The van der Waals surface area contributed by atoms with Gasteiger partial charge in [0.2, 0.25) is 0 Å². The number of nitrogens with one attached hydrogen (secondary N) is 1. The molecule has 0 radical (unpaired) electrons. The largest absolute Gasteiger partial charge is 0.497 e. The number of halogens is 1. The smallest absolute Gasteiger partial charge is 0.158 e. The molecule has 2 aromatic heterocycles. The Kier molecular flexibility index (Phi) is 6.56. The van der Waals surface area contributed by atoms with Gasteiger partial charge in [-0.3, -0.25) is 9.97 Å². The molecule has 0 amide bonds. The summed E-state index contributed by atoms with van der Waals surface area (Å²) in [4.78, 5) is 8.72. The molecule has 0 bridgehead atoms. The molecule has 0 saturated carbocycles. The van der Waals surface area contributed by atoms with Crippen LogP contribution in [0.4, 0.5) is 0 Å². The summed E-state index contributed by atoms with van der Waals surface area (Å²) in [5, 5.41) is 5.16. The number of fused-ring (bicyclic) bond motifs is 1. The molecule has 152 valence electrons. The van der Waals surface area contributed by atoms with Gasteiger partial charge >= 0.3 is 0 Å². The lowest BCUT2D eigenvalue weighted by Gasteiger charge is -2.30. The number of hydrogen-bond donors (Lipinski definition) is 1. The Balaban J connectivity index is 1.27. The van der Waals surface area contributed by atoms with Crippen LogP contribution in [0.1, 0.15) is 17.7 Å². The zero-order valence-corrected chi connectivity index (χ0v) is 17.1. The summed E-state index contributed by atoms with van der Waals surface area (Å²) < 4.78 is 17.2. The first-order valence-corrected chi connectivity index (χ1v) is 10.1. The van der Waals surface area contributed by atoms with Gasteiger partial charge in [0, 0.05) is 30.7 Å². The van der Waals surface area contributed by atoms with E-state index in [1.807, 2.05) is 42.6 Å². The van der Waals surface area contributed by atoms with Gasteiger partial charge < -0.3 is 19.5 Å². The fourth-order valence-corrected chi connectivity index (χ4v) is 3.50. The second kappa shape index (κ2) is 9.50. The van der Waals surface area contributed by atoms with Crippen molar-refractivity contribution in [2.45, 2.75) is 31.7 Å². The van der Waals surface area contributed by atoms with Crippen LogP contribution in [0.3, 0.4) is 0 Å². The average Bonchev–Trinajstić information content (AvgIpc) is 2.77. The van der Waals surface area contributed by atoms with E-state index in [1.54, 1.807) is 13.3 Å². The van der Waals surface area contributed by atoms with Gasteiger partial charge in [-0.2, -0.15) is 0 Å². The van der Waals surface area contributed by atoms with E-state index in [2.05, 4.69) is 15.3 Å². The molecular weight excluding hydrogens is 390 g/mol. The number of methoxy groups -OCH3 is 1. The zero-order chi connectivity index (χ0) is 20.1. The van der Waals surface area contributed by atoms with Crippen LogP contribution in [-0.2, 0) is 22.4 Å². The molecule has 1 aromatic carbocycles. The maximum Gasteiger partial charge on any atom is 0.158 e. The van der Waals surface area contributed by atoms with E-state index in [9.17, 15) is 0 Å². The van der Waals surface area contributed by atoms with Crippen molar-refractivity contribution in [1.29, 1.82) is 0 Å². The maximum atomic E-state index is 5.91. The second-order valence-corrected chi connectivity index (χ2v) is 7.47.